The number of rotatable bonds is 2. The van der Waals surface area contributed by atoms with Gasteiger partial charge >= 0.3 is 6.18 Å². The zero-order valence-corrected chi connectivity index (χ0v) is 10.6. The van der Waals surface area contributed by atoms with E-state index >= 15 is 0 Å². The van der Waals surface area contributed by atoms with E-state index in [2.05, 4.69) is 0 Å². The van der Waals surface area contributed by atoms with Crippen molar-refractivity contribution in [3.63, 3.8) is 0 Å². The second-order valence-electron chi connectivity index (χ2n) is 4.67. The lowest BCUT2D eigenvalue weighted by atomic mass is 9.91. The van der Waals surface area contributed by atoms with Gasteiger partial charge in [-0.15, -0.1) is 0 Å². The molecule has 2 heterocycles. The van der Waals surface area contributed by atoms with Crippen molar-refractivity contribution in [3.8, 4) is 0 Å². The molecule has 0 aliphatic carbocycles. The summed E-state index contributed by atoms with van der Waals surface area (Å²) >= 11 is 4.96. The Morgan fingerprint density at radius 1 is 1.28 bits per heavy atom. The van der Waals surface area contributed by atoms with Crippen molar-refractivity contribution >= 4 is 17.4 Å². The molecule has 0 bridgehead atoms. The Hall–Kier alpha value is -0.600. The number of ether oxygens (including phenoxy) is 1. The molecule has 0 aromatic heterocycles. The molecule has 0 aromatic carbocycles. The molecule has 2 aliphatic heterocycles. The van der Waals surface area contributed by atoms with E-state index in [1.165, 1.54) is 0 Å². The Morgan fingerprint density at radius 3 is 2.33 bits per heavy atom. The van der Waals surface area contributed by atoms with Gasteiger partial charge in [-0.2, -0.15) is 13.2 Å². The lowest BCUT2D eigenvalue weighted by molar-refractivity contribution is -0.273. The molecule has 0 radical (unpaired) electrons. The van der Waals surface area contributed by atoms with Gasteiger partial charge in [0, 0.05) is 13.1 Å². The quantitative estimate of drug-likeness (QED) is 0.764. The second kappa shape index (κ2) is 4.82. The fourth-order valence-corrected chi connectivity index (χ4v) is 2.38. The third-order valence-corrected chi connectivity index (χ3v) is 3.80. The molecule has 104 valence electrons. The summed E-state index contributed by atoms with van der Waals surface area (Å²) in [7, 11) is 0. The third kappa shape index (κ3) is 2.70. The van der Waals surface area contributed by atoms with E-state index in [-0.39, 0.29) is 25.9 Å². The largest absolute Gasteiger partial charge is 0.469 e. The van der Waals surface area contributed by atoms with Crippen LogP contribution >= 0.6 is 12.2 Å². The van der Waals surface area contributed by atoms with Crippen molar-refractivity contribution in [1.82, 2.24) is 9.80 Å². The van der Waals surface area contributed by atoms with Crippen LogP contribution in [0.2, 0.25) is 0 Å². The first-order valence-electron chi connectivity index (χ1n) is 5.75. The molecular formula is C10H15F3N2O2S. The van der Waals surface area contributed by atoms with Crippen molar-refractivity contribution in [3.05, 3.63) is 0 Å². The molecule has 0 atom stereocenters. The van der Waals surface area contributed by atoms with Crippen molar-refractivity contribution in [2.45, 2.75) is 24.6 Å². The van der Waals surface area contributed by atoms with Crippen molar-refractivity contribution in [2.24, 2.45) is 0 Å². The number of hydrogen-bond donors (Lipinski definition) is 1. The van der Waals surface area contributed by atoms with E-state index in [1.54, 1.807) is 0 Å². The van der Waals surface area contributed by atoms with Gasteiger partial charge < -0.3 is 14.7 Å². The normalized spacial score (nSPS) is 25.3. The first kappa shape index (κ1) is 13.8. The average molecular weight is 284 g/mol. The van der Waals surface area contributed by atoms with Crippen molar-refractivity contribution in [2.75, 3.05) is 32.9 Å². The monoisotopic (exact) mass is 284 g/mol. The molecule has 0 saturated carbocycles. The fourth-order valence-electron chi connectivity index (χ4n) is 2.14. The predicted octanol–water partition coefficient (Wildman–Crippen LogP) is 0.950. The molecule has 0 amide bonds. The summed E-state index contributed by atoms with van der Waals surface area (Å²) in [4.78, 5) is 3.66. The van der Waals surface area contributed by atoms with Crippen LogP contribution < -0.4 is 0 Å². The zero-order chi connectivity index (χ0) is 13.4. The average Bonchev–Trinajstić information content (AvgIpc) is 2.66. The van der Waals surface area contributed by atoms with Crippen LogP contribution in [0.4, 0.5) is 13.2 Å². The first-order chi connectivity index (χ1) is 8.32. The summed E-state index contributed by atoms with van der Waals surface area (Å²) in [6.45, 7) is 2.06. The Balaban J connectivity index is 1.85. The molecule has 2 saturated heterocycles. The Labute approximate surface area is 108 Å². The maximum absolute atomic E-state index is 12.6. The summed E-state index contributed by atoms with van der Waals surface area (Å²) in [5.41, 5.74) is -2.54. The van der Waals surface area contributed by atoms with Crippen LogP contribution in [0.1, 0.15) is 12.8 Å². The van der Waals surface area contributed by atoms with Gasteiger partial charge in [0.05, 0.1) is 13.2 Å². The second-order valence-corrected chi connectivity index (χ2v) is 5.02. The molecule has 0 aromatic rings. The van der Waals surface area contributed by atoms with Gasteiger partial charge in [-0.05, 0) is 25.1 Å². The maximum Gasteiger partial charge on any atom is 0.417 e. The highest BCUT2D eigenvalue weighted by Crippen LogP contribution is 2.38. The molecule has 2 rings (SSSR count). The van der Waals surface area contributed by atoms with Gasteiger partial charge in [-0.25, -0.2) is 0 Å². The van der Waals surface area contributed by atoms with Gasteiger partial charge in [0.1, 0.15) is 6.61 Å². The van der Waals surface area contributed by atoms with E-state index in [0.29, 0.717) is 25.0 Å². The highest BCUT2D eigenvalue weighted by atomic mass is 32.1. The molecular weight excluding hydrogens is 269 g/mol. The number of likely N-dealkylation sites (tertiary alicyclic amines) is 1. The lowest BCUT2D eigenvalue weighted by Crippen LogP contribution is -2.54. The summed E-state index contributed by atoms with van der Waals surface area (Å²) in [6.07, 6.45) is -5.14. The minimum Gasteiger partial charge on any atom is -0.469 e. The van der Waals surface area contributed by atoms with E-state index in [0.717, 1.165) is 0 Å². The molecule has 4 nitrogen and oxygen atoms in total. The number of aliphatic hydroxyl groups is 1. The lowest BCUT2D eigenvalue weighted by Gasteiger charge is -2.40. The van der Waals surface area contributed by atoms with E-state index in [1.807, 2.05) is 9.80 Å². The van der Waals surface area contributed by atoms with Gasteiger partial charge in [-0.3, -0.25) is 4.90 Å². The fraction of sp³-hybridized carbons (Fsp3) is 0.900. The molecule has 0 spiro atoms. The van der Waals surface area contributed by atoms with Crippen molar-refractivity contribution < 1.29 is 23.0 Å². The summed E-state index contributed by atoms with van der Waals surface area (Å²) in [5.74, 6) is 0. The van der Waals surface area contributed by atoms with Crippen LogP contribution in [0.15, 0.2) is 0 Å². The highest BCUT2D eigenvalue weighted by Gasteiger charge is 2.54. The smallest absolute Gasteiger partial charge is 0.417 e. The van der Waals surface area contributed by atoms with Crippen LogP contribution in [0.5, 0.6) is 0 Å². The van der Waals surface area contributed by atoms with Gasteiger partial charge in [0.25, 0.3) is 5.17 Å². The highest BCUT2D eigenvalue weighted by molar-refractivity contribution is 7.80. The Kier molecular flexibility index (Phi) is 3.70. The number of alkyl halides is 3. The topological polar surface area (TPSA) is 35.9 Å². The molecule has 18 heavy (non-hydrogen) atoms. The Morgan fingerprint density at radius 2 is 1.89 bits per heavy atom. The molecule has 0 unspecified atom stereocenters. The van der Waals surface area contributed by atoms with Crippen LogP contribution in [-0.4, -0.2) is 64.8 Å². The standard InChI is InChI=1S/C10H15F3N2O2S/c11-10(12,13)9(16)1-3-14(4-2-9)7-15-5-6-17-8(15)18/h16H,1-7H2. The van der Waals surface area contributed by atoms with E-state index < -0.39 is 11.8 Å². The summed E-state index contributed by atoms with van der Waals surface area (Å²) in [5, 5.41) is 9.92. The van der Waals surface area contributed by atoms with Crippen LogP contribution in [0, 0.1) is 0 Å². The van der Waals surface area contributed by atoms with Crippen LogP contribution in [0.25, 0.3) is 0 Å². The molecule has 8 heteroatoms. The van der Waals surface area contributed by atoms with Gasteiger partial charge in [0.15, 0.2) is 5.60 Å². The van der Waals surface area contributed by atoms with Gasteiger partial charge in [-0.1, -0.05) is 0 Å². The molecule has 2 aliphatic rings. The number of nitrogens with zero attached hydrogens (tertiary/aromatic N) is 2. The minimum atomic E-state index is -4.55. The number of thiocarbonyl (C=S) groups is 1. The van der Waals surface area contributed by atoms with Crippen molar-refractivity contribution in [1.29, 1.82) is 0 Å². The Bertz CT molecular complexity index is 330. The first-order valence-corrected chi connectivity index (χ1v) is 6.16. The van der Waals surface area contributed by atoms with Gasteiger partial charge in [0.2, 0.25) is 0 Å². The maximum atomic E-state index is 12.6. The predicted molar refractivity (Wildman–Crippen MR) is 61.9 cm³/mol. The third-order valence-electron chi connectivity index (χ3n) is 3.43. The molecule has 2 fully saturated rings. The molecule has 1 N–H and O–H groups in total. The number of piperidine rings is 1. The summed E-state index contributed by atoms with van der Waals surface area (Å²) < 4.78 is 42.9. The van der Waals surface area contributed by atoms with E-state index in [9.17, 15) is 18.3 Å². The van der Waals surface area contributed by atoms with Crippen LogP contribution in [0.3, 0.4) is 0 Å². The van der Waals surface area contributed by atoms with E-state index in [4.69, 9.17) is 17.0 Å². The number of hydrogen-bond acceptors (Lipinski definition) is 4. The summed E-state index contributed by atoms with van der Waals surface area (Å²) in [6, 6.07) is 0. The van der Waals surface area contributed by atoms with Crippen LogP contribution in [-0.2, 0) is 4.74 Å². The minimum absolute atomic E-state index is 0.203. The zero-order valence-electron chi connectivity index (χ0n) is 9.74. The SMILES string of the molecule is OC1(C(F)(F)F)CCN(CN2CCOC2=S)CC1. The number of halogens is 3.